The van der Waals surface area contributed by atoms with Crippen molar-refractivity contribution in [3.63, 3.8) is 0 Å². The molecule has 0 saturated carbocycles. The van der Waals surface area contributed by atoms with E-state index in [2.05, 4.69) is 15.0 Å². The van der Waals surface area contributed by atoms with E-state index in [4.69, 9.17) is 0 Å². The smallest absolute Gasteiger partial charge is 0.316 e. The molecule has 1 saturated heterocycles. The molecule has 2 heterocycles. The maximum atomic E-state index is 12.4. The van der Waals surface area contributed by atoms with Gasteiger partial charge in [-0.25, -0.2) is 13.1 Å². The highest BCUT2D eigenvalue weighted by molar-refractivity contribution is 7.89. The lowest BCUT2D eigenvalue weighted by molar-refractivity contribution is -0.141. The van der Waals surface area contributed by atoms with E-state index in [1.165, 1.54) is 0 Å². The Morgan fingerprint density at radius 2 is 2.10 bits per heavy atom. The summed E-state index contributed by atoms with van der Waals surface area (Å²) >= 11 is 0. The predicted molar refractivity (Wildman–Crippen MR) is 70.0 cm³/mol. The standard InChI is InChI=1S/C12H16F3N3O2S/c1-8-6-16-5-4-10(8)18-21(19,20)9-2-3-11(17-7-9)12(13,14)15/h2-3,7-8,10,16,18H,4-6H2,1H3. The number of halogens is 3. The predicted octanol–water partition coefficient (Wildman–Crippen LogP) is 1.38. The molecule has 0 radical (unpaired) electrons. The zero-order valence-electron chi connectivity index (χ0n) is 11.3. The second-order valence-corrected chi connectivity index (χ2v) is 6.79. The molecule has 1 aromatic rings. The van der Waals surface area contributed by atoms with Gasteiger partial charge in [-0.15, -0.1) is 0 Å². The van der Waals surface area contributed by atoms with Gasteiger partial charge in [0.15, 0.2) is 0 Å². The molecule has 2 rings (SSSR count). The Morgan fingerprint density at radius 1 is 1.38 bits per heavy atom. The summed E-state index contributed by atoms with van der Waals surface area (Å²) < 4.78 is 64.1. The third-order valence-corrected chi connectivity index (χ3v) is 4.90. The average Bonchev–Trinajstić information content (AvgIpc) is 2.40. The molecule has 2 atom stereocenters. The molecule has 1 aliphatic rings. The van der Waals surface area contributed by atoms with E-state index in [1.807, 2.05) is 6.92 Å². The fourth-order valence-corrected chi connectivity index (χ4v) is 3.49. The Kier molecular flexibility index (Phi) is 4.54. The van der Waals surface area contributed by atoms with Crippen LogP contribution in [0.1, 0.15) is 19.0 Å². The van der Waals surface area contributed by atoms with Crippen molar-refractivity contribution in [3.8, 4) is 0 Å². The largest absolute Gasteiger partial charge is 0.433 e. The van der Waals surface area contributed by atoms with E-state index in [1.54, 1.807) is 0 Å². The minimum Gasteiger partial charge on any atom is -0.316 e. The van der Waals surface area contributed by atoms with Gasteiger partial charge in [0.1, 0.15) is 10.6 Å². The van der Waals surface area contributed by atoms with Crippen LogP contribution in [0, 0.1) is 5.92 Å². The SMILES string of the molecule is CC1CNCCC1NS(=O)(=O)c1ccc(C(F)(F)F)nc1. The molecule has 0 spiro atoms. The quantitative estimate of drug-likeness (QED) is 0.881. The molecule has 118 valence electrons. The van der Waals surface area contributed by atoms with E-state index < -0.39 is 21.9 Å². The van der Waals surface area contributed by atoms with Crippen LogP contribution >= 0.6 is 0 Å². The molecular formula is C12H16F3N3O2S. The number of aromatic nitrogens is 1. The topological polar surface area (TPSA) is 71.1 Å². The van der Waals surface area contributed by atoms with Gasteiger partial charge in [0.2, 0.25) is 10.0 Å². The van der Waals surface area contributed by atoms with Crippen LogP contribution < -0.4 is 10.0 Å². The van der Waals surface area contributed by atoms with E-state index in [0.717, 1.165) is 12.3 Å². The summed E-state index contributed by atoms with van der Waals surface area (Å²) in [5.41, 5.74) is -1.11. The molecule has 1 aromatic heterocycles. The number of alkyl halides is 3. The van der Waals surface area contributed by atoms with Crippen molar-refractivity contribution in [2.75, 3.05) is 13.1 Å². The first kappa shape index (κ1) is 16.2. The van der Waals surface area contributed by atoms with Gasteiger partial charge < -0.3 is 5.32 Å². The minimum atomic E-state index is -4.58. The van der Waals surface area contributed by atoms with Crippen LogP contribution in [0.4, 0.5) is 13.2 Å². The zero-order valence-corrected chi connectivity index (χ0v) is 12.1. The Balaban J connectivity index is 2.16. The molecule has 2 N–H and O–H groups in total. The number of pyridine rings is 1. The van der Waals surface area contributed by atoms with E-state index in [0.29, 0.717) is 25.6 Å². The fraction of sp³-hybridized carbons (Fsp3) is 0.583. The number of rotatable bonds is 3. The Hall–Kier alpha value is -1.19. The number of piperidine rings is 1. The van der Waals surface area contributed by atoms with Crippen LogP contribution in [-0.4, -0.2) is 32.5 Å². The second-order valence-electron chi connectivity index (χ2n) is 5.07. The van der Waals surface area contributed by atoms with Gasteiger partial charge in [-0.2, -0.15) is 13.2 Å². The first-order chi connectivity index (χ1) is 9.70. The van der Waals surface area contributed by atoms with Crippen molar-refractivity contribution in [2.24, 2.45) is 5.92 Å². The molecule has 21 heavy (non-hydrogen) atoms. The van der Waals surface area contributed by atoms with Crippen LogP contribution in [0.2, 0.25) is 0 Å². The molecule has 0 amide bonds. The molecule has 1 aliphatic heterocycles. The van der Waals surface area contributed by atoms with E-state index in [9.17, 15) is 21.6 Å². The summed E-state index contributed by atoms with van der Waals surface area (Å²) in [4.78, 5) is 2.91. The van der Waals surface area contributed by atoms with Crippen LogP contribution in [0.3, 0.4) is 0 Å². The van der Waals surface area contributed by atoms with Gasteiger partial charge in [0.25, 0.3) is 0 Å². The average molecular weight is 323 g/mol. The molecular weight excluding hydrogens is 307 g/mol. The first-order valence-corrected chi connectivity index (χ1v) is 7.95. The van der Waals surface area contributed by atoms with Gasteiger partial charge in [0, 0.05) is 12.2 Å². The molecule has 0 aliphatic carbocycles. The van der Waals surface area contributed by atoms with Crippen molar-refractivity contribution >= 4 is 10.0 Å². The molecule has 0 bridgehead atoms. The molecule has 1 fully saturated rings. The highest BCUT2D eigenvalue weighted by atomic mass is 32.2. The number of hydrogen-bond donors (Lipinski definition) is 2. The highest BCUT2D eigenvalue weighted by Gasteiger charge is 2.33. The summed E-state index contributed by atoms with van der Waals surface area (Å²) in [5.74, 6) is 0.107. The van der Waals surface area contributed by atoms with Crippen molar-refractivity contribution < 1.29 is 21.6 Å². The lowest BCUT2D eigenvalue weighted by Crippen LogP contribution is -2.48. The summed E-state index contributed by atoms with van der Waals surface area (Å²) in [7, 11) is -3.86. The Morgan fingerprint density at radius 3 is 2.62 bits per heavy atom. The Labute approximate surface area is 121 Å². The van der Waals surface area contributed by atoms with E-state index >= 15 is 0 Å². The Bertz CT molecular complexity index is 587. The van der Waals surface area contributed by atoms with Gasteiger partial charge in [0.05, 0.1) is 0 Å². The monoisotopic (exact) mass is 323 g/mol. The molecule has 5 nitrogen and oxygen atoms in total. The number of hydrogen-bond acceptors (Lipinski definition) is 4. The normalized spacial score (nSPS) is 24.0. The first-order valence-electron chi connectivity index (χ1n) is 6.46. The second kappa shape index (κ2) is 5.90. The number of nitrogens with zero attached hydrogens (tertiary/aromatic N) is 1. The van der Waals surface area contributed by atoms with Gasteiger partial charge in [-0.05, 0) is 37.6 Å². The van der Waals surface area contributed by atoms with Crippen molar-refractivity contribution in [1.82, 2.24) is 15.0 Å². The van der Waals surface area contributed by atoms with Crippen LogP contribution in [0.15, 0.2) is 23.2 Å². The summed E-state index contributed by atoms with van der Waals surface area (Å²) in [5, 5.41) is 3.14. The summed E-state index contributed by atoms with van der Waals surface area (Å²) in [6, 6.07) is 1.35. The van der Waals surface area contributed by atoms with Gasteiger partial charge in [-0.3, -0.25) is 4.98 Å². The number of sulfonamides is 1. The zero-order chi connectivity index (χ0) is 15.7. The third-order valence-electron chi connectivity index (χ3n) is 3.43. The fourth-order valence-electron chi connectivity index (χ4n) is 2.16. The van der Waals surface area contributed by atoms with E-state index in [-0.39, 0.29) is 16.9 Å². The molecule has 9 heteroatoms. The third kappa shape index (κ3) is 3.92. The maximum absolute atomic E-state index is 12.4. The van der Waals surface area contributed by atoms with Gasteiger partial charge >= 0.3 is 6.18 Å². The maximum Gasteiger partial charge on any atom is 0.433 e. The summed E-state index contributed by atoms with van der Waals surface area (Å²) in [6.07, 6.45) is -3.22. The summed E-state index contributed by atoms with van der Waals surface area (Å²) in [6.45, 7) is 3.30. The molecule has 0 aromatic carbocycles. The van der Waals surface area contributed by atoms with Crippen molar-refractivity contribution in [1.29, 1.82) is 0 Å². The van der Waals surface area contributed by atoms with Gasteiger partial charge in [-0.1, -0.05) is 6.92 Å². The minimum absolute atomic E-state index is 0.107. The number of nitrogens with one attached hydrogen (secondary N) is 2. The van der Waals surface area contributed by atoms with Crippen LogP contribution in [0.5, 0.6) is 0 Å². The van der Waals surface area contributed by atoms with Crippen molar-refractivity contribution in [3.05, 3.63) is 24.0 Å². The van der Waals surface area contributed by atoms with Crippen LogP contribution in [-0.2, 0) is 16.2 Å². The lowest BCUT2D eigenvalue weighted by atomic mass is 9.97. The highest BCUT2D eigenvalue weighted by Crippen LogP contribution is 2.27. The van der Waals surface area contributed by atoms with Crippen molar-refractivity contribution in [2.45, 2.75) is 30.5 Å². The van der Waals surface area contributed by atoms with Crippen LogP contribution in [0.25, 0.3) is 0 Å². The molecule has 2 unspecified atom stereocenters. The lowest BCUT2D eigenvalue weighted by Gasteiger charge is -2.29.